The van der Waals surface area contributed by atoms with E-state index in [-0.39, 0.29) is 11.7 Å². The first-order valence-electron chi connectivity index (χ1n) is 7.75. The highest BCUT2D eigenvalue weighted by atomic mass is 16.5. The summed E-state index contributed by atoms with van der Waals surface area (Å²) in [5.41, 5.74) is 0.731. The third-order valence-corrected chi connectivity index (χ3v) is 3.20. The lowest BCUT2D eigenvalue weighted by atomic mass is 9.91. The van der Waals surface area contributed by atoms with Gasteiger partial charge in [0.1, 0.15) is 17.5 Å². The SMILES string of the molecule is CCCC#Cc1ccc(OC2CC(OC(C)(C)C)C2)cn1. The third kappa shape index (κ3) is 5.40. The fourth-order valence-electron chi connectivity index (χ4n) is 2.20. The maximum Gasteiger partial charge on any atom is 0.138 e. The summed E-state index contributed by atoms with van der Waals surface area (Å²) in [5.74, 6) is 6.96. The first kappa shape index (κ1) is 15.9. The van der Waals surface area contributed by atoms with E-state index in [1.807, 2.05) is 12.1 Å². The van der Waals surface area contributed by atoms with E-state index >= 15 is 0 Å². The first-order valence-corrected chi connectivity index (χ1v) is 7.75. The highest BCUT2D eigenvalue weighted by Crippen LogP contribution is 2.30. The summed E-state index contributed by atoms with van der Waals surface area (Å²) in [6, 6.07) is 3.86. The predicted octanol–water partition coefficient (Wildman–Crippen LogP) is 3.96. The Morgan fingerprint density at radius 1 is 1.24 bits per heavy atom. The van der Waals surface area contributed by atoms with Crippen LogP contribution in [-0.2, 0) is 4.74 Å². The Kier molecular flexibility index (Phi) is 5.25. The molecule has 0 aliphatic heterocycles. The van der Waals surface area contributed by atoms with Crippen LogP contribution in [0, 0.1) is 11.8 Å². The van der Waals surface area contributed by atoms with Crippen LogP contribution in [0.4, 0.5) is 0 Å². The van der Waals surface area contributed by atoms with Crippen molar-refractivity contribution in [3.63, 3.8) is 0 Å². The molecule has 1 saturated carbocycles. The second-order valence-electron chi connectivity index (χ2n) is 6.49. The molecule has 0 radical (unpaired) electrons. The van der Waals surface area contributed by atoms with Crippen LogP contribution in [0.2, 0.25) is 0 Å². The topological polar surface area (TPSA) is 31.4 Å². The molecule has 1 aliphatic carbocycles. The van der Waals surface area contributed by atoms with Crippen molar-refractivity contribution < 1.29 is 9.47 Å². The summed E-state index contributed by atoms with van der Waals surface area (Å²) < 4.78 is 11.8. The number of ether oxygens (including phenoxy) is 2. The van der Waals surface area contributed by atoms with Gasteiger partial charge in [0.05, 0.1) is 17.9 Å². The van der Waals surface area contributed by atoms with Gasteiger partial charge in [0.25, 0.3) is 0 Å². The van der Waals surface area contributed by atoms with Crippen LogP contribution in [0.3, 0.4) is 0 Å². The molecule has 2 rings (SSSR count). The van der Waals surface area contributed by atoms with Gasteiger partial charge in [-0.1, -0.05) is 12.8 Å². The van der Waals surface area contributed by atoms with Crippen LogP contribution in [0.15, 0.2) is 18.3 Å². The lowest BCUT2D eigenvalue weighted by Gasteiger charge is -2.39. The van der Waals surface area contributed by atoms with Crippen molar-refractivity contribution in [1.82, 2.24) is 4.98 Å². The molecule has 0 spiro atoms. The van der Waals surface area contributed by atoms with Crippen LogP contribution >= 0.6 is 0 Å². The molecule has 0 bridgehead atoms. The van der Waals surface area contributed by atoms with Gasteiger partial charge in [-0.2, -0.15) is 0 Å². The molecule has 114 valence electrons. The van der Waals surface area contributed by atoms with Crippen molar-refractivity contribution in [3.8, 4) is 17.6 Å². The van der Waals surface area contributed by atoms with E-state index < -0.39 is 0 Å². The maximum atomic E-state index is 5.90. The molecule has 0 N–H and O–H groups in total. The molecule has 1 fully saturated rings. The molecule has 1 aromatic heterocycles. The zero-order chi connectivity index (χ0) is 15.3. The molecule has 1 aromatic rings. The number of hydrogen-bond donors (Lipinski definition) is 0. The molecule has 21 heavy (non-hydrogen) atoms. The Bertz CT molecular complexity index is 499. The maximum absolute atomic E-state index is 5.90. The Morgan fingerprint density at radius 3 is 2.57 bits per heavy atom. The first-order chi connectivity index (χ1) is 9.96. The van der Waals surface area contributed by atoms with Gasteiger partial charge in [0, 0.05) is 19.3 Å². The summed E-state index contributed by atoms with van der Waals surface area (Å²) in [7, 11) is 0. The summed E-state index contributed by atoms with van der Waals surface area (Å²) in [6.07, 6.45) is 6.22. The van der Waals surface area contributed by atoms with Crippen LogP contribution < -0.4 is 4.74 Å². The summed E-state index contributed by atoms with van der Waals surface area (Å²) in [4.78, 5) is 4.31. The molecule has 0 atom stereocenters. The quantitative estimate of drug-likeness (QED) is 0.786. The highest BCUT2D eigenvalue weighted by Gasteiger charge is 2.34. The minimum absolute atomic E-state index is 0.0734. The molecule has 3 nitrogen and oxygen atoms in total. The monoisotopic (exact) mass is 287 g/mol. The zero-order valence-corrected chi connectivity index (χ0v) is 13.5. The van der Waals surface area contributed by atoms with E-state index in [2.05, 4.69) is 44.5 Å². The van der Waals surface area contributed by atoms with Crippen LogP contribution in [0.1, 0.15) is 59.1 Å². The van der Waals surface area contributed by atoms with Crippen molar-refractivity contribution in [1.29, 1.82) is 0 Å². The highest BCUT2D eigenvalue weighted by molar-refractivity contribution is 5.31. The summed E-state index contributed by atoms with van der Waals surface area (Å²) >= 11 is 0. The molecule has 0 saturated heterocycles. The average molecular weight is 287 g/mol. The van der Waals surface area contributed by atoms with Crippen LogP contribution in [0.25, 0.3) is 0 Å². The van der Waals surface area contributed by atoms with E-state index in [0.717, 1.165) is 37.1 Å². The van der Waals surface area contributed by atoms with Crippen LogP contribution in [-0.4, -0.2) is 22.8 Å². The van der Waals surface area contributed by atoms with Gasteiger partial charge >= 0.3 is 0 Å². The van der Waals surface area contributed by atoms with E-state index in [0.29, 0.717) is 6.10 Å². The minimum atomic E-state index is -0.0734. The third-order valence-electron chi connectivity index (χ3n) is 3.20. The summed E-state index contributed by atoms with van der Waals surface area (Å²) in [5, 5.41) is 0. The van der Waals surface area contributed by atoms with Crippen molar-refractivity contribution in [2.45, 2.75) is 71.2 Å². The van der Waals surface area contributed by atoms with E-state index in [9.17, 15) is 0 Å². The Labute approximate surface area is 128 Å². The van der Waals surface area contributed by atoms with Crippen molar-refractivity contribution in [2.24, 2.45) is 0 Å². The molecular weight excluding hydrogens is 262 g/mol. The van der Waals surface area contributed by atoms with E-state index in [1.54, 1.807) is 6.20 Å². The van der Waals surface area contributed by atoms with Gasteiger partial charge in [-0.15, -0.1) is 0 Å². The minimum Gasteiger partial charge on any atom is -0.489 e. The Morgan fingerprint density at radius 2 is 2.00 bits per heavy atom. The molecular formula is C18H25NO2. The molecule has 1 heterocycles. The smallest absolute Gasteiger partial charge is 0.138 e. The Balaban J connectivity index is 1.77. The van der Waals surface area contributed by atoms with Gasteiger partial charge in [0.2, 0.25) is 0 Å². The molecule has 0 unspecified atom stereocenters. The lowest BCUT2D eigenvalue weighted by molar-refractivity contribution is -0.126. The number of rotatable bonds is 4. The Hall–Kier alpha value is -1.53. The number of pyridine rings is 1. The molecule has 3 heteroatoms. The van der Waals surface area contributed by atoms with E-state index in [4.69, 9.17) is 9.47 Å². The van der Waals surface area contributed by atoms with Gasteiger partial charge in [-0.05, 0) is 45.2 Å². The zero-order valence-electron chi connectivity index (χ0n) is 13.5. The standard InChI is InChI=1S/C18H25NO2/c1-5-6-7-8-14-9-10-15(13-19-14)20-16-11-17(12-16)21-18(2,3)4/h9-10,13,16-17H,5-6,11-12H2,1-4H3. The number of unbranched alkanes of at least 4 members (excludes halogenated alkanes) is 1. The normalized spacial score (nSPS) is 21.1. The van der Waals surface area contributed by atoms with Crippen LogP contribution in [0.5, 0.6) is 5.75 Å². The lowest BCUT2D eigenvalue weighted by Crippen LogP contribution is -2.43. The number of hydrogen-bond acceptors (Lipinski definition) is 3. The van der Waals surface area contributed by atoms with Gasteiger partial charge < -0.3 is 9.47 Å². The van der Waals surface area contributed by atoms with Gasteiger partial charge in [-0.25, -0.2) is 4.98 Å². The number of aromatic nitrogens is 1. The molecule has 0 amide bonds. The molecule has 0 aromatic carbocycles. The predicted molar refractivity (Wildman–Crippen MR) is 84.3 cm³/mol. The fourth-order valence-corrected chi connectivity index (χ4v) is 2.20. The second-order valence-corrected chi connectivity index (χ2v) is 6.49. The van der Waals surface area contributed by atoms with Crippen molar-refractivity contribution in [3.05, 3.63) is 24.0 Å². The summed E-state index contributed by atoms with van der Waals surface area (Å²) in [6.45, 7) is 8.38. The van der Waals surface area contributed by atoms with Crippen molar-refractivity contribution in [2.75, 3.05) is 0 Å². The van der Waals surface area contributed by atoms with E-state index in [1.165, 1.54) is 0 Å². The average Bonchev–Trinajstić information content (AvgIpc) is 2.37. The van der Waals surface area contributed by atoms with Gasteiger partial charge in [-0.3, -0.25) is 0 Å². The number of nitrogens with zero attached hydrogens (tertiary/aromatic N) is 1. The van der Waals surface area contributed by atoms with Crippen molar-refractivity contribution >= 4 is 0 Å². The molecule has 1 aliphatic rings. The van der Waals surface area contributed by atoms with Gasteiger partial charge in [0.15, 0.2) is 0 Å². The largest absolute Gasteiger partial charge is 0.489 e. The second kappa shape index (κ2) is 6.95. The fraction of sp³-hybridized carbons (Fsp3) is 0.611.